The van der Waals surface area contributed by atoms with Gasteiger partial charge in [-0.25, -0.2) is 4.79 Å². The van der Waals surface area contributed by atoms with E-state index in [0.29, 0.717) is 5.69 Å². The maximum Gasteiger partial charge on any atom is 0.471 e. The van der Waals surface area contributed by atoms with E-state index in [4.69, 9.17) is 11.2 Å². The summed E-state index contributed by atoms with van der Waals surface area (Å²) in [5, 5.41) is 3.29. The Balaban J connectivity index is 1.74. The second-order valence-electron chi connectivity index (χ2n) is 5.56. The quantitative estimate of drug-likeness (QED) is 0.485. The average molecular weight is 387 g/mol. The number of pyridine rings is 1. The van der Waals surface area contributed by atoms with Crippen molar-refractivity contribution in [1.82, 2.24) is 15.1 Å². The Labute approximate surface area is 157 Å². The number of carbonyl (C=O) groups excluding carboxylic acids is 1. The zero-order valence-electron chi connectivity index (χ0n) is 14.2. The molecular weight excluding hydrogens is 375 g/mol. The molecule has 0 saturated carbocycles. The number of carbonyl (C=O) groups is 1. The van der Waals surface area contributed by atoms with Crippen molar-refractivity contribution in [3.8, 4) is 23.7 Å². The van der Waals surface area contributed by atoms with Crippen LogP contribution in [0.1, 0.15) is 34.5 Å². The minimum atomic E-state index is -4.73. The molecule has 2 aromatic heterocycles. The molecule has 0 amide bonds. The Hall–Kier alpha value is -3.67. The Morgan fingerprint density at radius 1 is 1.21 bits per heavy atom. The summed E-state index contributed by atoms with van der Waals surface area (Å²) >= 11 is 0. The number of esters is 1. The SMILES string of the molecule is C#CCC(OC(=O)c1ccc(-c2noc(C(F)(F)F)n2)cc1)c1ccccn1. The lowest BCUT2D eigenvalue weighted by atomic mass is 10.1. The van der Waals surface area contributed by atoms with Gasteiger partial charge in [-0.05, 0) is 24.3 Å². The number of ether oxygens (including phenoxy) is 1. The van der Waals surface area contributed by atoms with Crippen molar-refractivity contribution in [3.05, 3.63) is 65.8 Å². The van der Waals surface area contributed by atoms with Gasteiger partial charge in [0.15, 0.2) is 6.10 Å². The van der Waals surface area contributed by atoms with Crippen LogP contribution in [0.25, 0.3) is 11.4 Å². The predicted octanol–water partition coefficient (Wildman–Crippen LogP) is 4.07. The van der Waals surface area contributed by atoms with E-state index in [1.807, 2.05) is 0 Å². The molecular formula is C19H12F3N3O3. The van der Waals surface area contributed by atoms with Gasteiger partial charge in [0, 0.05) is 11.8 Å². The lowest BCUT2D eigenvalue weighted by Gasteiger charge is -2.15. The van der Waals surface area contributed by atoms with E-state index in [1.165, 1.54) is 24.3 Å². The third kappa shape index (κ3) is 4.35. The molecule has 0 fully saturated rings. The molecule has 6 nitrogen and oxygen atoms in total. The summed E-state index contributed by atoms with van der Waals surface area (Å²) in [5.74, 6) is 0.0904. The van der Waals surface area contributed by atoms with Crippen LogP contribution in [0.5, 0.6) is 0 Å². The first-order chi connectivity index (χ1) is 13.4. The van der Waals surface area contributed by atoms with Crippen LogP contribution in [-0.4, -0.2) is 21.1 Å². The van der Waals surface area contributed by atoms with Crippen molar-refractivity contribution < 1.29 is 27.2 Å². The highest BCUT2D eigenvalue weighted by molar-refractivity contribution is 5.90. The molecule has 2 heterocycles. The van der Waals surface area contributed by atoms with Crippen molar-refractivity contribution in [2.75, 3.05) is 0 Å². The van der Waals surface area contributed by atoms with Gasteiger partial charge < -0.3 is 9.26 Å². The number of aromatic nitrogens is 3. The minimum absolute atomic E-state index is 0.143. The van der Waals surface area contributed by atoms with Crippen molar-refractivity contribution in [3.63, 3.8) is 0 Å². The highest BCUT2D eigenvalue weighted by Gasteiger charge is 2.38. The minimum Gasteiger partial charge on any atom is -0.451 e. The van der Waals surface area contributed by atoms with E-state index in [2.05, 4.69) is 25.6 Å². The maximum atomic E-state index is 12.5. The Bertz CT molecular complexity index is 993. The van der Waals surface area contributed by atoms with Gasteiger partial charge in [-0.2, -0.15) is 18.2 Å². The zero-order valence-corrected chi connectivity index (χ0v) is 14.2. The number of rotatable bonds is 5. The van der Waals surface area contributed by atoms with Gasteiger partial charge in [0.05, 0.1) is 17.7 Å². The molecule has 0 saturated heterocycles. The van der Waals surface area contributed by atoms with Gasteiger partial charge in [0.2, 0.25) is 5.82 Å². The van der Waals surface area contributed by atoms with E-state index in [1.54, 1.807) is 24.4 Å². The highest BCUT2D eigenvalue weighted by atomic mass is 19.4. The molecule has 0 N–H and O–H groups in total. The maximum absolute atomic E-state index is 12.5. The first kappa shape index (κ1) is 19.1. The van der Waals surface area contributed by atoms with E-state index in [0.717, 1.165) is 0 Å². The summed E-state index contributed by atoms with van der Waals surface area (Å²) in [4.78, 5) is 19.8. The van der Waals surface area contributed by atoms with Crippen LogP contribution in [0.2, 0.25) is 0 Å². The summed E-state index contributed by atoms with van der Waals surface area (Å²) in [6.07, 6.45) is 1.58. The molecule has 1 unspecified atom stereocenters. The van der Waals surface area contributed by atoms with Crippen LogP contribution in [0.15, 0.2) is 53.2 Å². The van der Waals surface area contributed by atoms with Gasteiger partial charge >= 0.3 is 18.0 Å². The second-order valence-corrected chi connectivity index (χ2v) is 5.56. The Morgan fingerprint density at radius 2 is 1.96 bits per heavy atom. The van der Waals surface area contributed by atoms with Crippen molar-refractivity contribution in [1.29, 1.82) is 0 Å². The number of benzene rings is 1. The van der Waals surface area contributed by atoms with E-state index in [9.17, 15) is 18.0 Å². The van der Waals surface area contributed by atoms with Crippen molar-refractivity contribution in [2.45, 2.75) is 18.7 Å². The van der Waals surface area contributed by atoms with Crippen LogP contribution in [0, 0.1) is 12.3 Å². The van der Waals surface area contributed by atoms with Crippen LogP contribution < -0.4 is 0 Å². The number of terminal acetylenes is 1. The predicted molar refractivity (Wildman–Crippen MR) is 90.6 cm³/mol. The molecule has 1 atom stereocenters. The molecule has 3 aromatic rings. The first-order valence-corrected chi connectivity index (χ1v) is 7.95. The summed E-state index contributed by atoms with van der Waals surface area (Å²) in [7, 11) is 0. The molecule has 0 aliphatic carbocycles. The van der Waals surface area contributed by atoms with Gasteiger partial charge in [0.25, 0.3) is 0 Å². The van der Waals surface area contributed by atoms with Crippen LogP contribution in [0.4, 0.5) is 13.2 Å². The molecule has 28 heavy (non-hydrogen) atoms. The first-order valence-electron chi connectivity index (χ1n) is 7.95. The van der Waals surface area contributed by atoms with Crippen molar-refractivity contribution >= 4 is 5.97 Å². The molecule has 0 spiro atoms. The van der Waals surface area contributed by atoms with Crippen LogP contribution in [-0.2, 0) is 10.9 Å². The van der Waals surface area contributed by atoms with E-state index >= 15 is 0 Å². The number of hydrogen-bond acceptors (Lipinski definition) is 6. The number of nitrogens with zero attached hydrogens (tertiary/aromatic N) is 3. The fourth-order valence-corrected chi connectivity index (χ4v) is 2.29. The summed E-state index contributed by atoms with van der Waals surface area (Å²) in [6, 6.07) is 10.7. The van der Waals surface area contributed by atoms with Gasteiger partial charge in [-0.3, -0.25) is 4.98 Å². The fraction of sp³-hybridized carbons (Fsp3) is 0.158. The lowest BCUT2D eigenvalue weighted by Crippen LogP contribution is -2.12. The molecule has 0 aliphatic rings. The molecule has 0 bridgehead atoms. The summed E-state index contributed by atoms with van der Waals surface area (Å²) < 4.78 is 47.2. The van der Waals surface area contributed by atoms with Crippen LogP contribution in [0.3, 0.4) is 0 Å². The molecule has 142 valence electrons. The van der Waals surface area contributed by atoms with Gasteiger partial charge in [-0.1, -0.05) is 23.4 Å². The highest BCUT2D eigenvalue weighted by Crippen LogP contribution is 2.29. The van der Waals surface area contributed by atoms with Gasteiger partial charge in [-0.15, -0.1) is 12.3 Å². The van der Waals surface area contributed by atoms with Crippen LogP contribution >= 0.6 is 0 Å². The third-order valence-corrected chi connectivity index (χ3v) is 3.62. The molecule has 1 aromatic carbocycles. The van der Waals surface area contributed by atoms with Gasteiger partial charge in [0.1, 0.15) is 0 Å². The number of hydrogen-bond donors (Lipinski definition) is 0. The second kappa shape index (κ2) is 7.92. The third-order valence-electron chi connectivity index (χ3n) is 3.62. The van der Waals surface area contributed by atoms with Crippen molar-refractivity contribution in [2.24, 2.45) is 0 Å². The number of alkyl halides is 3. The lowest BCUT2D eigenvalue weighted by molar-refractivity contribution is -0.159. The molecule has 3 rings (SSSR count). The monoisotopic (exact) mass is 387 g/mol. The molecule has 9 heteroatoms. The molecule has 0 radical (unpaired) electrons. The van der Waals surface area contributed by atoms with E-state index < -0.39 is 24.1 Å². The zero-order chi connectivity index (χ0) is 20.1. The normalized spacial score (nSPS) is 12.2. The average Bonchev–Trinajstić information content (AvgIpc) is 3.19. The topological polar surface area (TPSA) is 78.1 Å². The largest absolute Gasteiger partial charge is 0.471 e. The molecule has 0 aliphatic heterocycles. The standard InChI is InChI=1S/C19H12F3N3O3/c1-2-5-15(14-6-3-4-11-23-14)27-17(26)13-9-7-12(8-10-13)16-24-18(28-25-16)19(20,21)22/h1,3-4,6-11,15H,5H2. The Kier molecular flexibility index (Phi) is 5.40. The fourth-order valence-electron chi connectivity index (χ4n) is 2.29. The van der Waals surface area contributed by atoms with E-state index in [-0.39, 0.29) is 23.4 Å². The number of halogens is 3. The smallest absolute Gasteiger partial charge is 0.451 e. The summed E-state index contributed by atoms with van der Waals surface area (Å²) in [6.45, 7) is 0. The summed E-state index contributed by atoms with van der Waals surface area (Å²) in [5.41, 5.74) is 0.943. The Morgan fingerprint density at radius 3 is 2.54 bits per heavy atom.